The van der Waals surface area contributed by atoms with E-state index in [9.17, 15) is 9.59 Å². The minimum Gasteiger partial charge on any atom is -0.348 e. The smallest absolute Gasteiger partial charge is 0.227 e. The molecule has 1 aliphatic rings. The number of para-hydroxylation sites is 1. The van der Waals surface area contributed by atoms with Gasteiger partial charge in [0.25, 0.3) is 0 Å². The molecule has 2 heterocycles. The number of aromatic nitrogens is 1. The average Bonchev–Trinajstić information content (AvgIpc) is 2.60. The Morgan fingerprint density at radius 3 is 2.88 bits per heavy atom. The number of carbonyl (C=O) groups is 2. The molecule has 1 aromatic heterocycles. The number of amides is 2. The molecule has 2 N–H and O–H groups in total. The van der Waals surface area contributed by atoms with Crippen molar-refractivity contribution in [1.82, 2.24) is 10.3 Å². The predicted molar refractivity (Wildman–Crippen MR) is 92.3 cm³/mol. The van der Waals surface area contributed by atoms with E-state index in [2.05, 4.69) is 15.6 Å². The van der Waals surface area contributed by atoms with Gasteiger partial charge in [-0.2, -0.15) is 0 Å². The largest absolute Gasteiger partial charge is 0.348 e. The van der Waals surface area contributed by atoms with Gasteiger partial charge in [-0.1, -0.05) is 24.3 Å². The van der Waals surface area contributed by atoms with Gasteiger partial charge in [0.05, 0.1) is 11.7 Å². The maximum Gasteiger partial charge on any atom is 0.227 e. The number of hydrogen-bond acceptors (Lipinski definition) is 3. The Hall–Kier alpha value is -2.69. The van der Waals surface area contributed by atoms with E-state index >= 15 is 0 Å². The number of nitrogens with one attached hydrogen (secondary N) is 2. The normalized spacial score (nSPS) is 17.5. The monoisotopic (exact) mass is 323 g/mol. The van der Waals surface area contributed by atoms with E-state index in [4.69, 9.17) is 0 Å². The third kappa shape index (κ3) is 3.79. The Balaban J connectivity index is 1.52. The molecular weight excluding hydrogens is 302 g/mol. The molecule has 1 aliphatic heterocycles. The molecule has 2 aromatic rings. The lowest BCUT2D eigenvalue weighted by Crippen LogP contribution is -2.32. The first-order chi connectivity index (χ1) is 11.6. The van der Waals surface area contributed by atoms with Crippen LogP contribution in [0.1, 0.15) is 37.1 Å². The lowest BCUT2D eigenvalue weighted by atomic mass is 9.89. The maximum absolute atomic E-state index is 12.2. The first kappa shape index (κ1) is 16.2. The standard InChI is InChI=1S/C19H21N3O2/c1-13(16-7-4-5-11-20-16)21-18(23)10-9-15-12-14-6-2-3-8-17(14)22-19(15)24/h2-8,11,13,15H,9-10,12H2,1H3,(H,21,23)(H,22,24)/t13-,15+/m1/s1. The van der Waals surface area contributed by atoms with Gasteiger partial charge in [-0.05, 0) is 43.5 Å². The van der Waals surface area contributed by atoms with Crippen LogP contribution in [-0.4, -0.2) is 16.8 Å². The molecule has 2 atom stereocenters. The predicted octanol–water partition coefficient (Wildman–Crippen LogP) is 2.85. The third-order valence-electron chi connectivity index (χ3n) is 4.34. The number of anilines is 1. The highest BCUT2D eigenvalue weighted by Gasteiger charge is 2.26. The van der Waals surface area contributed by atoms with Crippen LogP contribution in [0.4, 0.5) is 5.69 Å². The molecule has 1 aromatic carbocycles. The minimum atomic E-state index is -0.157. The summed E-state index contributed by atoms with van der Waals surface area (Å²) in [7, 11) is 0. The van der Waals surface area contributed by atoms with Gasteiger partial charge in [-0.15, -0.1) is 0 Å². The van der Waals surface area contributed by atoms with Crippen molar-refractivity contribution in [2.75, 3.05) is 5.32 Å². The van der Waals surface area contributed by atoms with E-state index in [1.807, 2.05) is 49.4 Å². The van der Waals surface area contributed by atoms with Crippen molar-refractivity contribution in [1.29, 1.82) is 0 Å². The van der Waals surface area contributed by atoms with E-state index in [-0.39, 0.29) is 23.8 Å². The summed E-state index contributed by atoms with van der Waals surface area (Å²) in [5.74, 6) is -0.213. The zero-order valence-electron chi connectivity index (χ0n) is 13.7. The number of fused-ring (bicyclic) bond motifs is 1. The van der Waals surface area contributed by atoms with E-state index in [1.165, 1.54) is 0 Å². The lowest BCUT2D eigenvalue weighted by Gasteiger charge is -2.24. The van der Waals surface area contributed by atoms with Crippen molar-refractivity contribution >= 4 is 17.5 Å². The summed E-state index contributed by atoms with van der Waals surface area (Å²) in [5, 5.41) is 5.86. The summed E-state index contributed by atoms with van der Waals surface area (Å²) in [4.78, 5) is 28.6. The van der Waals surface area contributed by atoms with Crippen LogP contribution in [0.25, 0.3) is 0 Å². The highest BCUT2D eigenvalue weighted by Crippen LogP contribution is 2.27. The zero-order chi connectivity index (χ0) is 16.9. The molecule has 0 saturated heterocycles. The van der Waals surface area contributed by atoms with Crippen LogP contribution in [0, 0.1) is 5.92 Å². The van der Waals surface area contributed by atoms with Crippen LogP contribution in [0.3, 0.4) is 0 Å². The molecule has 0 bridgehead atoms. The van der Waals surface area contributed by atoms with Crippen LogP contribution < -0.4 is 10.6 Å². The van der Waals surface area contributed by atoms with E-state index in [0.29, 0.717) is 19.3 Å². The fourth-order valence-corrected chi connectivity index (χ4v) is 2.97. The first-order valence-corrected chi connectivity index (χ1v) is 8.22. The summed E-state index contributed by atoms with van der Waals surface area (Å²) in [6, 6.07) is 13.3. The maximum atomic E-state index is 12.2. The van der Waals surface area contributed by atoms with Crippen molar-refractivity contribution in [2.24, 2.45) is 5.92 Å². The summed E-state index contributed by atoms with van der Waals surface area (Å²) < 4.78 is 0. The lowest BCUT2D eigenvalue weighted by molar-refractivity contribution is -0.123. The van der Waals surface area contributed by atoms with Crippen molar-refractivity contribution in [3.8, 4) is 0 Å². The van der Waals surface area contributed by atoms with Crippen molar-refractivity contribution < 1.29 is 9.59 Å². The van der Waals surface area contributed by atoms with Gasteiger partial charge in [0.1, 0.15) is 0 Å². The molecule has 0 unspecified atom stereocenters. The van der Waals surface area contributed by atoms with Gasteiger partial charge < -0.3 is 10.6 Å². The van der Waals surface area contributed by atoms with Gasteiger partial charge in [0, 0.05) is 24.2 Å². The minimum absolute atomic E-state index is 0.000672. The van der Waals surface area contributed by atoms with Crippen LogP contribution in [0.15, 0.2) is 48.7 Å². The topological polar surface area (TPSA) is 71.1 Å². The van der Waals surface area contributed by atoms with Gasteiger partial charge in [-0.3, -0.25) is 14.6 Å². The Labute approximate surface area is 141 Å². The summed E-state index contributed by atoms with van der Waals surface area (Å²) in [5.41, 5.74) is 2.84. The van der Waals surface area contributed by atoms with Crippen LogP contribution in [0.5, 0.6) is 0 Å². The number of nitrogens with zero attached hydrogens (tertiary/aromatic N) is 1. The Bertz CT molecular complexity index is 730. The molecular formula is C19H21N3O2. The Kier molecular flexibility index (Phi) is 4.89. The number of pyridine rings is 1. The van der Waals surface area contributed by atoms with Crippen LogP contribution >= 0.6 is 0 Å². The van der Waals surface area contributed by atoms with E-state index in [1.54, 1.807) is 6.20 Å². The molecule has 124 valence electrons. The highest BCUT2D eigenvalue weighted by atomic mass is 16.2. The second-order valence-corrected chi connectivity index (χ2v) is 6.13. The Morgan fingerprint density at radius 1 is 1.29 bits per heavy atom. The second kappa shape index (κ2) is 7.25. The van der Waals surface area contributed by atoms with Crippen LogP contribution in [-0.2, 0) is 16.0 Å². The number of carbonyl (C=O) groups excluding carboxylic acids is 2. The second-order valence-electron chi connectivity index (χ2n) is 6.13. The van der Waals surface area contributed by atoms with Gasteiger partial charge in [-0.25, -0.2) is 0 Å². The highest BCUT2D eigenvalue weighted by molar-refractivity contribution is 5.96. The fraction of sp³-hybridized carbons (Fsp3) is 0.316. The SMILES string of the molecule is C[C@@H](NC(=O)CC[C@H]1Cc2ccccc2NC1=O)c1ccccn1. The molecule has 0 radical (unpaired) electrons. The van der Waals surface area contributed by atoms with Gasteiger partial charge in [0.15, 0.2) is 0 Å². The first-order valence-electron chi connectivity index (χ1n) is 8.22. The Morgan fingerprint density at radius 2 is 2.08 bits per heavy atom. The molecule has 0 saturated carbocycles. The summed E-state index contributed by atoms with van der Waals surface area (Å²) in [6.07, 6.45) is 3.27. The molecule has 0 fully saturated rings. The summed E-state index contributed by atoms with van der Waals surface area (Å²) >= 11 is 0. The van der Waals surface area contributed by atoms with Crippen molar-refractivity contribution in [3.05, 3.63) is 59.9 Å². The average molecular weight is 323 g/mol. The third-order valence-corrected chi connectivity index (χ3v) is 4.34. The number of hydrogen-bond donors (Lipinski definition) is 2. The molecule has 3 rings (SSSR count). The quantitative estimate of drug-likeness (QED) is 0.889. The van der Waals surface area contributed by atoms with E-state index in [0.717, 1.165) is 16.9 Å². The molecule has 24 heavy (non-hydrogen) atoms. The molecule has 0 aliphatic carbocycles. The number of rotatable bonds is 5. The van der Waals surface area contributed by atoms with Gasteiger partial charge >= 0.3 is 0 Å². The molecule has 0 spiro atoms. The van der Waals surface area contributed by atoms with Crippen molar-refractivity contribution in [3.63, 3.8) is 0 Å². The molecule has 5 nitrogen and oxygen atoms in total. The zero-order valence-corrected chi connectivity index (χ0v) is 13.7. The van der Waals surface area contributed by atoms with E-state index < -0.39 is 0 Å². The fourth-order valence-electron chi connectivity index (χ4n) is 2.97. The molecule has 5 heteroatoms. The van der Waals surface area contributed by atoms with Gasteiger partial charge in [0.2, 0.25) is 11.8 Å². The van der Waals surface area contributed by atoms with Crippen LogP contribution in [0.2, 0.25) is 0 Å². The van der Waals surface area contributed by atoms with Crippen molar-refractivity contribution in [2.45, 2.75) is 32.2 Å². The summed E-state index contributed by atoms with van der Waals surface area (Å²) in [6.45, 7) is 1.91. The number of benzene rings is 1. The molecule has 2 amide bonds.